The van der Waals surface area contributed by atoms with Gasteiger partial charge in [-0.25, -0.2) is 4.79 Å². The number of ether oxygens (including phenoxy) is 1. The van der Waals surface area contributed by atoms with Crippen molar-refractivity contribution in [2.75, 3.05) is 13.7 Å². The van der Waals surface area contributed by atoms with E-state index in [0.717, 1.165) is 6.54 Å². The topological polar surface area (TPSA) is 29.5 Å². The lowest BCUT2D eigenvalue weighted by Crippen LogP contribution is -2.62. The normalized spacial score (nSPS) is 32.9. The average Bonchev–Trinajstić information content (AvgIpc) is 1.99. The average molecular weight is 153 g/mol. The van der Waals surface area contributed by atoms with Crippen molar-refractivity contribution in [1.82, 2.24) is 4.90 Å². The number of likely N-dealkylation sites (tertiary alicyclic amines) is 1. The molecule has 3 nitrogen and oxygen atoms in total. The fraction of sp³-hybridized carbons (Fsp3) is 0.625. The first-order valence-corrected chi connectivity index (χ1v) is 3.77. The zero-order valence-electron chi connectivity index (χ0n) is 6.70. The first-order chi connectivity index (χ1) is 5.24. The van der Waals surface area contributed by atoms with Crippen LogP contribution in [0, 0.1) is 5.92 Å². The fourth-order valence-electron chi connectivity index (χ4n) is 1.73. The predicted octanol–water partition coefficient (Wildman–Crippen LogP) is 1.01. The maximum absolute atomic E-state index is 11.0. The van der Waals surface area contributed by atoms with Crippen molar-refractivity contribution >= 4 is 6.09 Å². The number of hydrogen-bond donors (Lipinski definition) is 0. The van der Waals surface area contributed by atoms with Crippen LogP contribution in [0.5, 0.6) is 0 Å². The third-order valence-corrected chi connectivity index (χ3v) is 2.59. The van der Waals surface area contributed by atoms with E-state index in [1.165, 1.54) is 12.7 Å². The van der Waals surface area contributed by atoms with Crippen LogP contribution in [0.15, 0.2) is 11.6 Å². The Labute approximate surface area is 65.6 Å². The second kappa shape index (κ2) is 2.00. The van der Waals surface area contributed by atoms with Crippen molar-refractivity contribution in [1.29, 1.82) is 0 Å². The van der Waals surface area contributed by atoms with E-state index in [4.69, 9.17) is 0 Å². The summed E-state index contributed by atoms with van der Waals surface area (Å²) >= 11 is 0. The summed E-state index contributed by atoms with van der Waals surface area (Å²) in [4.78, 5) is 12.7. The molecular weight excluding hydrogens is 142 g/mol. The Bertz CT molecular complexity index is 234. The smallest absolute Gasteiger partial charge is 0.410 e. The van der Waals surface area contributed by atoms with Crippen LogP contribution in [0.4, 0.5) is 4.79 Å². The predicted molar refractivity (Wildman–Crippen MR) is 40.1 cm³/mol. The second-order valence-electron chi connectivity index (χ2n) is 3.13. The van der Waals surface area contributed by atoms with Crippen LogP contribution in [-0.2, 0) is 4.74 Å². The van der Waals surface area contributed by atoms with Gasteiger partial charge in [0.25, 0.3) is 0 Å². The number of nitrogens with zero attached hydrogens (tertiary/aromatic N) is 1. The number of carbonyl (C=O) groups is 1. The van der Waals surface area contributed by atoms with E-state index < -0.39 is 0 Å². The summed E-state index contributed by atoms with van der Waals surface area (Å²) in [5.74, 6) is 0.633. The molecule has 0 aromatic heterocycles. The Hall–Kier alpha value is -0.990. The Balaban J connectivity index is 2.00. The molecule has 0 aromatic carbocycles. The van der Waals surface area contributed by atoms with Crippen LogP contribution in [0.25, 0.3) is 0 Å². The van der Waals surface area contributed by atoms with Gasteiger partial charge in [-0.15, -0.1) is 0 Å². The summed E-state index contributed by atoms with van der Waals surface area (Å²) in [5.41, 5.74) is 1.41. The molecule has 1 aliphatic heterocycles. The van der Waals surface area contributed by atoms with Crippen LogP contribution in [0.1, 0.15) is 6.92 Å². The van der Waals surface area contributed by atoms with Gasteiger partial charge in [-0.2, -0.15) is 0 Å². The Morgan fingerprint density at radius 2 is 2.55 bits per heavy atom. The molecule has 3 heteroatoms. The molecule has 11 heavy (non-hydrogen) atoms. The van der Waals surface area contributed by atoms with Gasteiger partial charge in [0.15, 0.2) is 0 Å². The molecular formula is C8H11NO2. The second-order valence-corrected chi connectivity index (χ2v) is 3.13. The molecule has 0 saturated carbocycles. The van der Waals surface area contributed by atoms with Gasteiger partial charge in [0, 0.05) is 12.5 Å². The largest absolute Gasteiger partial charge is 0.453 e. The Morgan fingerprint density at radius 1 is 1.82 bits per heavy atom. The third kappa shape index (κ3) is 0.708. The minimum absolute atomic E-state index is 0.199. The maximum atomic E-state index is 11.0. The molecule has 2 unspecified atom stereocenters. The van der Waals surface area contributed by atoms with Gasteiger partial charge in [0.05, 0.1) is 13.2 Å². The van der Waals surface area contributed by atoms with Gasteiger partial charge in [0.2, 0.25) is 0 Å². The van der Waals surface area contributed by atoms with E-state index in [1.807, 2.05) is 0 Å². The highest BCUT2D eigenvalue weighted by Crippen LogP contribution is 2.40. The highest BCUT2D eigenvalue weighted by atomic mass is 16.5. The minimum atomic E-state index is -0.199. The molecule has 60 valence electrons. The third-order valence-electron chi connectivity index (χ3n) is 2.59. The molecule has 1 fully saturated rings. The summed E-state index contributed by atoms with van der Waals surface area (Å²) in [5, 5.41) is 0. The Morgan fingerprint density at radius 3 is 2.91 bits per heavy atom. The zero-order chi connectivity index (χ0) is 8.01. The maximum Gasteiger partial charge on any atom is 0.410 e. The molecule has 2 atom stereocenters. The van der Waals surface area contributed by atoms with Crippen LogP contribution < -0.4 is 0 Å². The monoisotopic (exact) mass is 153 g/mol. The SMILES string of the molecule is COC(=O)N1CC2C(C)=CC21. The van der Waals surface area contributed by atoms with Gasteiger partial charge in [-0.05, 0) is 6.92 Å². The Kier molecular flexibility index (Phi) is 1.22. The molecule has 0 spiro atoms. The number of carbonyl (C=O) groups excluding carboxylic acids is 1. The quantitative estimate of drug-likeness (QED) is 0.486. The number of fused-ring (bicyclic) bond motifs is 1. The molecule has 1 saturated heterocycles. The highest BCUT2D eigenvalue weighted by Gasteiger charge is 2.47. The standard InChI is InChI=1S/C8H11NO2/c1-5-3-7-6(5)4-9(7)8(10)11-2/h3,6-7H,4H2,1-2H3. The van der Waals surface area contributed by atoms with E-state index in [9.17, 15) is 4.79 Å². The van der Waals surface area contributed by atoms with Crippen molar-refractivity contribution in [2.24, 2.45) is 5.92 Å². The van der Waals surface area contributed by atoms with E-state index in [1.54, 1.807) is 4.90 Å². The summed E-state index contributed by atoms with van der Waals surface area (Å²) < 4.78 is 4.60. The number of hydrogen-bond acceptors (Lipinski definition) is 2. The van der Waals surface area contributed by atoms with Gasteiger partial charge < -0.3 is 9.64 Å². The lowest BCUT2D eigenvalue weighted by atomic mass is 9.73. The molecule has 2 rings (SSSR count). The fourth-order valence-corrected chi connectivity index (χ4v) is 1.73. The molecule has 0 bridgehead atoms. The lowest BCUT2D eigenvalue weighted by molar-refractivity contribution is 0.0347. The van der Waals surface area contributed by atoms with Gasteiger partial charge in [-0.1, -0.05) is 11.6 Å². The van der Waals surface area contributed by atoms with Crippen LogP contribution in [0.3, 0.4) is 0 Å². The lowest BCUT2D eigenvalue weighted by Gasteiger charge is -2.52. The number of rotatable bonds is 0. The molecule has 1 aliphatic carbocycles. The van der Waals surface area contributed by atoms with Crippen molar-refractivity contribution in [3.8, 4) is 0 Å². The van der Waals surface area contributed by atoms with Gasteiger partial charge >= 0.3 is 6.09 Å². The minimum Gasteiger partial charge on any atom is -0.453 e. The molecule has 0 aromatic rings. The van der Waals surface area contributed by atoms with E-state index in [0.29, 0.717) is 12.0 Å². The summed E-state index contributed by atoms with van der Waals surface area (Å²) in [7, 11) is 1.42. The van der Waals surface area contributed by atoms with Crippen molar-refractivity contribution < 1.29 is 9.53 Å². The molecule has 1 heterocycles. The van der Waals surface area contributed by atoms with Crippen LogP contribution in [-0.4, -0.2) is 30.7 Å². The van der Waals surface area contributed by atoms with E-state index in [-0.39, 0.29) is 6.09 Å². The number of methoxy groups -OCH3 is 1. The number of amides is 1. The van der Waals surface area contributed by atoms with Crippen molar-refractivity contribution in [3.05, 3.63) is 11.6 Å². The first kappa shape index (κ1) is 6.70. The van der Waals surface area contributed by atoms with Crippen LogP contribution in [0.2, 0.25) is 0 Å². The summed E-state index contributed by atoms with van der Waals surface area (Å²) in [6.07, 6.45) is 1.92. The zero-order valence-corrected chi connectivity index (χ0v) is 6.70. The van der Waals surface area contributed by atoms with Crippen molar-refractivity contribution in [3.63, 3.8) is 0 Å². The van der Waals surface area contributed by atoms with E-state index in [2.05, 4.69) is 17.7 Å². The highest BCUT2D eigenvalue weighted by molar-refractivity contribution is 5.71. The first-order valence-electron chi connectivity index (χ1n) is 3.77. The van der Waals surface area contributed by atoms with Gasteiger partial charge in [0.1, 0.15) is 0 Å². The molecule has 0 radical (unpaired) electrons. The van der Waals surface area contributed by atoms with Crippen LogP contribution >= 0.6 is 0 Å². The van der Waals surface area contributed by atoms with E-state index >= 15 is 0 Å². The molecule has 2 aliphatic rings. The molecule has 0 N–H and O–H groups in total. The molecule has 1 amide bonds. The summed E-state index contributed by atoms with van der Waals surface area (Å²) in [6, 6.07) is 0.349. The van der Waals surface area contributed by atoms with Crippen molar-refractivity contribution in [2.45, 2.75) is 13.0 Å². The van der Waals surface area contributed by atoms with Gasteiger partial charge in [-0.3, -0.25) is 0 Å². The summed E-state index contributed by atoms with van der Waals surface area (Å²) in [6.45, 7) is 2.95.